The molecule has 0 amide bonds. The van der Waals surface area contributed by atoms with Crippen LogP contribution in [0.1, 0.15) is 29.8 Å². The van der Waals surface area contributed by atoms with Crippen LogP contribution in [0.5, 0.6) is 0 Å². The first-order chi connectivity index (χ1) is 10.6. The van der Waals surface area contributed by atoms with Gasteiger partial charge in [-0.15, -0.1) is 0 Å². The average molecular weight is 340 g/mol. The number of carboxylic acids is 1. The molecule has 1 saturated heterocycles. The van der Waals surface area contributed by atoms with Crippen LogP contribution in [0, 0.1) is 6.92 Å². The fourth-order valence-electron chi connectivity index (χ4n) is 1.91. The number of carbonyl (C=O) groups is 3. The molecule has 0 radical (unpaired) electrons. The maximum atomic E-state index is 11.8. The summed E-state index contributed by atoms with van der Waals surface area (Å²) in [6, 6.07) is 2.77. The predicted octanol–water partition coefficient (Wildman–Crippen LogP) is 2.48. The highest BCUT2D eigenvalue weighted by atomic mass is 35.5. The van der Waals surface area contributed by atoms with Crippen molar-refractivity contribution in [1.82, 2.24) is 0 Å². The number of aryl methyl sites for hydroxylation is 1. The molecule has 0 aromatic heterocycles. The number of carbonyl (C=O) groups excluding carboxylic acids is 2. The number of ether oxygens (including phenoxy) is 2. The van der Waals surface area contributed by atoms with Crippen LogP contribution in [-0.4, -0.2) is 28.8 Å². The second-order valence-corrected chi connectivity index (χ2v) is 5.74. The molecule has 0 spiro atoms. The molecule has 0 atom stereocenters. The van der Waals surface area contributed by atoms with Crippen LogP contribution in [0.3, 0.4) is 0 Å². The highest BCUT2D eigenvalue weighted by Crippen LogP contribution is 2.27. The first-order valence-corrected chi connectivity index (χ1v) is 6.95. The van der Waals surface area contributed by atoms with E-state index in [0.29, 0.717) is 10.6 Å². The van der Waals surface area contributed by atoms with Gasteiger partial charge >= 0.3 is 17.9 Å². The minimum atomic E-state index is -1.34. The highest BCUT2D eigenvalue weighted by molar-refractivity contribution is 6.31. The summed E-state index contributed by atoms with van der Waals surface area (Å²) >= 11 is 5.97. The Labute approximate surface area is 136 Å². The number of cyclic esters (lactones) is 2. The van der Waals surface area contributed by atoms with Crippen LogP contribution >= 0.6 is 11.6 Å². The summed E-state index contributed by atoms with van der Waals surface area (Å²) in [6.45, 7) is 4.51. The van der Waals surface area contributed by atoms with E-state index in [9.17, 15) is 19.5 Å². The van der Waals surface area contributed by atoms with Crippen molar-refractivity contribution in [3.63, 3.8) is 0 Å². The highest BCUT2D eigenvalue weighted by Gasteiger charge is 2.39. The first-order valence-electron chi connectivity index (χ1n) is 6.57. The summed E-state index contributed by atoms with van der Waals surface area (Å²) < 4.78 is 9.87. The monoisotopic (exact) mass is 339 g/mol. The Hall–Kier alpha value is -2.54. The molecule has 1 aliphatic heterocycles. The summed E-state index contributed by atoms with van der Waals surface area (Å²) in [5.74, 6) is -4.26. The van der Waals surface area contributed by atoms with Crippen LogP contribution in [0.2, 0.25) is 5.02 Å². The van der Waals surface area contributed by atoms with E-state index in [0.717, 1.165) is 6.20 Å². The van der Waals surface area contributed by atoms with Gasteiger partial charge in [-0.25, -0.2) is 14.4 Å². The number of esters is 2. The minimum absolute atomic E-state index is 0.0541. The summed E-state index contributed by atoms with van der Waals surface area (Å²) in [7, 11) is 0. The molecule has 8 heteroatoms. The van der Waals surface area contributed by atoms with Crippen LogP contribution in [0.4, 0.5) is 5.69 Å². The van der Waals surface area contributed by atoms with Crippen molar-refractivity contribution >= 4 is 35.2 Å². The molecular formula is C15H14ClNO6. The van der Waals surface area contributed by atoms with Crippen LogP contribution in [0.15, 0.2) is 23.9 Å². The largest absolute Gasteiger partial charge is 0.478 e. The second kappa shape index (κ2) is 5.92. The Morgan fingerprint density at radius 3 is 2.35 bits per heavy atom. The normalized spacial score (nSPS) is 16.4. The van der Waals surface area contributed by atoms with Gasteiger partial charge in [0.2, 0.25) is 0 Å². The van der Waals surface area contributed by atoms with Crippen molar-refractivity contribution in [2.45, 2.75) is 26.6 Å². The molecule has 2 rings (SSSR count). The van der Waals surface area contributed by atoms with Gasteiger partial charge in [-0.05, 0) is 24.6 Å². The lowest BCUT2D eigenvalue weighted by Crippen LogP contribution is -2.42. The third kappa shape index (κ3) is 3.62. The van der Waals surface area contributed by atoms with E-state index in [1.807, 2.05) is 0 Å². The molecular weight excluding hydrogens is 326 g/mol. The fourth-order valence-corrected chi connectivity index (χ4v) is 2.07. The zero-order valence-corrected chi connectivity index (χ0v) is 13.4. The van der Waals surface area contributed by atoms with Gasteiger partial charge in [-0.3, -0.25) is 0 Å². The molecule has 1 aliphatic rings. The number of aromatic carboxylic acids is 1. The summed E-state index contributed by atoms with van der Waals surface area (Å²) in [6.07, 6.45) is 1.04. The van der Waals surface area contributed by atoms with Gasteiger partial charge in [0.05, 0.1) is 11.3 Å². The first kappa shape index (κ1) is 16.8. The van der Waals surface area contributed by atoms with Gasteiger partial charge in [-0.2, -0.15) is 0 Å². The van der Waals surface area contributed by atoms with Crippen LogP contribution in [0.25, 0.3) is 0 Å². The Kier molecular flexibility index (Phi) is 4.33. The van der Waals surface area contributed by atoms with Gasteiger partial charge < -0.3 is 19.9 Å². The van der Waals surface area contributed by atoms with Gasteiger partial charge in [0, 0.05) is 25.1 Å². The number of nitrogens with one attached hydrogen (secondary N) is 1. The number of carboxylic acid groups (broad SMARTS) is 1. The molecule has 0 bridgehead atoms. The van der Waals surface area contributed by atoms with Gasteiger partial charge in [0.25, 0.3) is 5.79 Å². The molecule has 0 aliphatic carbocycles. The van der Waals surface area contributed by atoms with E-state index in [1.54, 1.807) is 6.92 Å². The SMILES string of the molecule is Cc1cc(C(=O)O)c(NC=C2C(=O)OC(C)(C)OC2=O)cc1Cl. The average Bonchev–Trinajstić information content (AvgIpc) is 2.39. The second-order valence-electron chi connectivity index (χ2n) is 5.33. The molecule has 1 fully saturated rings. The topological polar surface area (TPSA) is 102 Å². The van der Waals surface area contributed by atoms with Gasteiger partial charge in [0.1, 0.15) is 0 Å². The number of hydrogen-bond acceptors (Lipinski definition) is 6. The lowest BCUT2D eigenvalue weighted by atomic mass is 10.1. The van der Waals surface area contributed by atoms with E-state index >= 15 is 0 Å². The zero-order chi connectivity index (χ0) is 17.4. The number of halogens is 1. The minimum Gasteiger partial charge on any atom is -0.478 e. The fraction of sp³-hybridized carbons (Fsp3) is 0.267. The van der Waals surface area contributed by atoms with Gasteiger partial charge in [0.15, 0.2) is 5.57 Å². The van der Waals surface area contributed by atoms with Crippen molar-refractivity contribution < 1.29 is 29.0 Å². The summed E-state index contributed by atoms with van der Waals surface area (Å²) in [5, 5.41) is 12.1. The van der Waals surface area contributed by atoms with E-state index in [4.69, 9.17) is 21.1 Å². The van der Waals surface area contributed by atoms with Crippen molar-refractivity contribution in [1.29, 1.82) is 0 Å². The van der Waals surface area contributed by atoms with Crippen LogP contribution in [-0.2, 0) is 19.1 Å². The third-order valence-corrected chi connectivity index (χ3v) is 3.43. The zero-order valence-electron chi connectivity index (χ0n) is 12.6. The molecule has 2 N–H and O–H groups in total. The lowest BCUT2D eigenvalue weighted by Gasteiger charge is -2.29. The maximum Gasteiger partial charge on any atom is 0.350 e. The number of benzene rings is 1. The number of anilines is 1. The molecule has 23 heavy (non-hydrogen) atoms. The lowest BCUT2D eigenvalue weighted by molar-refractivity contribution is -0.222. The predicted molar refractivity (Wildman–Crippen MR) is 81.1 cm³/mol. The molecule has 122 valence electrons. The Bertz CT molecular complexity index is 716. The van der Waals surface area contributed by atoms with Crippen molar-refractivity contribution in [3.8, 4) is 0 Å². The van der Waals surface area contributed by atoms with Crippen molar-refractivity contribution in [3.05, 3.63) is 40.1 Å². The summed E-state index contributed by atoms with van der Waals surface area (Å²) in [5.41, 5.74) is 0.283. The molecule has 7 nitrogen and oxygen atoms in total. The van der Waals surface area contributed by atoms with E-state index in [-0.39, 0.29) is 16.8 Å². The van der Waals surface area contributed by atoms with Crippen molar-refractivity contribution in [2.75, 3.05) is 5.32 Å². The molecule has 1 heterocycles. The molecule has 1 aromatic carbocycles. The molecule has 0 unspecified atom stereocenters. The third-order valence-electron chi connectivity index (χ3n) is 3.02. The Morgan fingerprint density at radius 1 is 1.26 bits per heavy atom. The quantitative estimate of drug-likeness (QED) is 0.495. The smallest absolute Gasteiger partial charge is 0.350 e. The molecule has 0 saturated carbocycles. The maximum absolute atomic E-state index is 11.8. The number of rotatable bonds is 3. The Morgan fingerprint density at radius 2 is 1.83 bits per heavy atom. The molecule has 1 aromatic rings. The van der Waals surface area contributed by atoms with E-state index in [2.05, 4.69) is 5.32 Å². The standard InChI is InChI=1S/C15H14ClNO6/c1-7-4-8(12(18)19)11(5-10(7)16)17-6-9-13(20)22-15(2,3)23-14(9)21/h4-6,17H,1-3H3,(H,18,19). The Balaban J connectivity index is 2.33. The van der Waals surface area contributed by atoms with E-state index < -0.39 is 23.7 Å². The number of hydrogen-bond donors (Lipinski definition) is 2. The van der Waals surface area contributed by atoms with Crippen LogP contribution < -0.4 is 5.32 Å². The van der Waals surface area contributed by atoms with Gasteiger partial charge in [-0.1, -0.05) is 11.6 Å². The van der Waals surface area contributed by atoms with Crippen molar-refractivity contribution in [2.24, 2.45) is 0 Å². The summed E-state index contributed by atoms with van der Waals surface area (Å²) in [4.78, 5) is 34.9. The van der Waals surface area contributed by atoms with E-state index in [1.165, 1.54) is 26.0 Å².